The second-order valence-electron chi connectivity index (χ2n) is 6.32. The maximum atomic E-state index is 11.8. The van der Waals surface area contributed by atoms with Crippen molar-refractivity contribution in [1.29, 1.82) is 0 Å². The Hall–Kier alpha value is -1.85. The first kappa shape index (κ1) is 19.5. The molecule has 0 aromatic heterocycles. The molecule has 2 N–H and O–H groups in total. The van der Waals surface area contributed by atoms with Crippen molar-refractivity contribution in [2.45, 2.75) is 57.3 Å². The van der Waals surface area contributed by atoms with Gasteiger partial charge in [-0.3, -0.25) is 4.55 Å². The quantitative estimate of drug-likeness (QED) is 0.649. The Labute approximate surface area is 150 Å². The fourth-order valence-electron chi connectivity index (χ4n) is 3.01. The summed E-state index contributed by atoms with van der Waals surface area (Å²) in [5.74, 6) is -0.144. The summed E-state index contributed by atoms with van der Waals surface area (Å²) < 4.78 is 33.1. The number of hydrogen-bond acceptors (Lipinski definition) is 3. The summed E-state index contributed by atoms with van der Waals surface area (Å²) in [5.41, 5.74) is 3.06. The molecule has 0 fully saturated rings. The smallest absolute Gasteiger partial charge is 0.295 e. The van der Waals surface area contributed by atoms with Gasteiger partial charge in [-0.2, -0.15) is 8.42 Å². The number of aromatic hydroxyl groups is 1. The van der Waals surface area contributed by atoms with Crippen molar-refractivity contribution < 1.29 is 18.1 Å². The highest BCUT2D eigenvalue weighted by Gasteiger charge is 2.21. The lowest BCUT2D eigenvalue weighted by atomic mass is 9.92. The first-order valence-corrected chi connectivity index (χ1v) is 10.2. The Bertz CT molecular complexity index is 826. The van der Waals surface area contributed by atoms with Crippen LogP contribution in [0.3, 0.4) is 0 Å². The van der Waals surface area contributed by atoms with Crippen LogP contribution in [0.2, 0.25) is 0 Å². The topological polar surface area (TPSA) is 74.6 Å². The molecule has 0 heterocycles. The molecule has 0 unspecified atom stereocenters. The number of phenols is 1. The summed E-state index contributed by atoms with van der Waals surface area (Å²) >= 11 is 0. The van der Waals surface area contributed by atoms with Crippen LogP contribution < -0.4 is 0 Å². The molecule has 0 amide bonds. The third-order valence-corrected chi connectivity index (χ3v) is 5.24. The van der Waals surface area contributed by atoms with E-state index in [0.29, 0.717) is 5.56 Å². The van der Waals surface area contributed by atoms with E-state index in [4.69, 9.17) is 0 Å². The molecule has 0 atom stereocenters. The Kier molecular flexibility index (Phi) is 6.62. The van der Waals surface area contributed by atoms with Gasteiger partial charge in [-0.1, -0.05) is 51.0 Å². The van der Waals surface area contributed by atoms with Crippen LogP contribution in [-0.2, 0) is 23.0 Å². The minimum atomic E-state index is -4.43. The molecule has 2 rings (SSSR count). The van der Waals surface area contributed by atoms with Crippen molar-refractivity contribution >= 4 is 10.1 Å². The van der Waals surface area contributed by atoms with Crippen LogP contribution in [0, 0.1) is 0 Å². The Balaban J connectivity index is 2.62. The minimum Gasteiger partial charge on any atom is -0.507 e. The van der Waals surface area contributed by atoms with E-state index in [1.54, 1.807) is 0 Å². The number of unbranched alkanes of at least 4 members (excludes halogenated alkanes) is 2. The third-order valence-electron chi connectivity index (χ3n) is 4.34. The fourth-order valence-corrected chi connectivity index (χ4v) is 3.73. The van der Waals surface area contributed by atoms with E-state index in [2.05, 4.69) is 19.9 Å². The molecule has 5 heteroatoms. The zero-order chi connectivity index (χ0) is 18.4. The molecule has 2 aromatic carbocycles. The van der Waals surface area contributed by atoms with Gasteiger partial charge in [0.15, 0.2) is 0 Å². The van der Waals surface area contributed by atoms with Gasteiger partial charge in [-0.15, -0.1) is 0 Å². The largest absolute Gasteiger partial charge is 0.507 e. The highest BCUT2D eigenvalue weighted by molar-refractivity contribution is 7.86. The summed E-state index contributed by atoms with van der Waals surface area (Å²) in [5, 5.41) is 10.3. The van der Waals surface area contributed by atoms with Crippen molar-refractivity contribution in [3.63, 3.8) is 0 Å². The van der Waals surface area contributed by atoms with E-state index in [-0.39, 0.29) is 16.2 Å². The average Bonchev–Trinajstić information content (AvgIpc) is 2.57. The van der Waals surface area contributed by atoms with E-state index in [0.717, 1.165) is 44.1 Å². The van der Waals surface area contributed by atoms with Crippen molar-refractivity contribution in [3.8, 4) is 16.9 Å². The molecule has 2 aromatic rings. The first-order valence-electron chi connectivity index (χ1n) is 8.80. The summed E-state index contributed by atoms with van der Waals surface area (Å²) in [6.07, 6.45) is 5.97. The standard InChI is InChI=1S/C20H26O4S/c1-3-5-8-15-12-13-17(16(14-15)9-6-4-2)20-18(21)10-7-11-19(20)25(22,23)24/h7,10-14,21H,3-6,8-9H2,1-2H3,(H,22,23,24). The van der Waals surface area contributed by atoms with Crippen molar-refractivity contribution in [1.82, 2.24) is 0 Å². The van der Waals surface area contributed by atoms with Crippen LogP contribution in [0.15, 0.2) is 41.3 Å². The third kappa shape index (κ3) is 4.83. The maximum Gasteiger partial charge on any atom is 0.295 e. The zero-order valence-corrected chi connectivity index (χ0v) is 15.6. The van der Waals surface area contributed by atoms with E-state index in [1.165, 1.54) is 23.8 Å². The van der Waals surface area contributed by atoms with Crippen LogP contribution in [0.1, 0.15) is 50.7 Å². The molecule has 0 saturated carbocycles. The van der Waals surface area contributed by atoms with Crippen LogP contribution in [0.25, 0.3) is 11.1 Å². The molecular formula is C20H26O4S. The lowest BCUT2D eigenvalue weighted by Gasteiger charge is -2.15. The fraction of sp³-hybridized carbons (Fsp3) is 0.400. The molecule has 136 valence electrons. The van der Waals surface area contributed by atoms with Crippen molar-refractivity contribution in [2.75, 3.05) is 0 Å². The van der Waals surface area contributed by atoms with Gasteiger partial charge >= 0.3 is 0 Å². The van der Waals surface area contributed by atoms with Gasteiger partial charge in [0.25, 0.3) is 10.1 Å². The predicted molar refractivity (Wildman–Crippen MR) is 101 cm³/mol. The van der Waals surface area contributed by atoms with E-state index in [1.807, 2.05) is 12.1 Å². The minimum absolute atomic E-state index is 0.144. The summed E-state index contributed by atoms with van der Waals surface area (Å²) in [6.45, 7) is 4.25. The second-order valence-corrected chi connectivity index (χ2v) is 7.71. The number of hydrogen-bond donors (Lipinski definition) is 2. The Morgan fingerprint density at radius 2 is 1.64 bits per heavy atom. The van der Waals surface area contributed by atoms with Crippen molar-refractivity contribution in [2.24, 2.45) is 0 Å². The molecule has 0 aliphatic heterocycles. The average molecular weight is 362 g/mol. The van der Waals surface area contributed by atoms with E-state index in [9.17, 15) is 18.1 Å². The molecule has 0 bridgehead atoms. The predicted octanol–water partition coefficient (Wildman–Crippen LogP) is 4.99. The molecule has 0 aliphatic carbocycles. The monoisotopic (exact) mass is 362 g/mol. The molecular weight excluding hydrogens is 336 g/mol. The summed E-state index contributed by atoms with van der Waals surface area (Å²) in [7, 11) is -4.43. The van der Waals surface area contributed by atoms with Gasteiger partial charge in [0.1, 0.15) is 10.6 Å². The molecule has 0 saturated heterocycles. The van der Waals surface area contributed by atoms with Gasteiger partial charge in [0.05, 0.1) is 0 Å². The van der Waals surface area contributed by atoms with Gasteiger partial charge in [-0.25, -0.2) is 0 Å². The molecule has 0 spiro atoms. The zero-order valence-electron chi connectivity index (χ0n) is 14.8. The number of aryl methyl sites for hydroxylation is 2. The number of phenolic OH excluding ortho intramolecular Hbond substituents is 1. The van der Waals surface area contributed by atoms with Crippen LogP contribution in [-0.4, -0.2) is 18.1 Å². The van der Waals surface area contributed by atoms with Crippen LogP contribution >= 0.6 is 0 Å². The highest BCUT2D eigenvalue weighted by atomic mass is 32.2. The molecule has 0 radical (unpaired) electrons. The van der Waals surface area contributed by atoms with Crippen molar-refractivity contribution in [3.05, 3.63) is 47.5 Å². The lowest BCUT2D eigenvalue weighted by molar-refractivity contribution is 0.468. The molecule has 4 nitrogen and oxygen atoms in total. The van der Waals surface area contributed by atoms with Gasteiger partial charge < -0.3 is 5.11 Å². The maximum absolute atomic E-state index is 11.8. The van der Waals surface area contributed by atoms with E-state index >= 15 is 0 Å². The SMILES string of the molecule is CCCCc1ccc(-c2c(O)cccc2S(=O)(=O)O)c(CCCC)c1. The lowest BCUT2D eigenvalue weighted by Crippen LogP contribution is -2.03. The van der Waals surface area contributed by atoms with E-state index < -0.39 is 10.1 Å². The Morgan fingerprint density at radius 1 is 0.960 bits per heavy atom. The second kappa shape index (κ2) is 8.50. The Morgan fingerprint density at radius 3 is 2.28 bits per heavy atom. The summed E-state index contributed by atoms with van der Waals surface area (Å²) in [6, 6.07) is 10.1. The normalized spacial score (nSPS) is 11.6. The first-order chi connectivity index (χ1) is 11.9. The number of benzene rings is 2. The molecule has 0 aliphatic rings. The summed E-state index contributed by atoms with van der Waals surface area (Å²) in [4.78, 5) is -0.258. The highest BCUT2D eigenvalue weighted by Crippen LogP contribution is 2.38. The van der Waals surface area contributed by atoms with Gasteiger partial charge in [-0.05, 0) is 54.5 Å². The van der Waals surface area contributed by atoms with Crippen LogP contribution in [0.4, 0.5) is 0 Å². The molecule has 25 heavy (non-hydrogen) atoms. The van der Waals surface area contributed by atoms with Crippen LogP contribution in [0.5, 0.6) is 5.75 Å². The van der Waals surface area contributed by atoms with Gasteiger partial charge in [0, 0.05) is 5.56 Å². The van der Waals surface area contributed by atoms with Gasteiger partial charge in [0.2, 0.25) is 0 Å². The number of rotatable bonds is 8.